The van der Waals surface area contributed by atoms with Gasteiger partial charge in [0.2, 0.25) is 0 Å². The van der Waals surface area contributed by atoms with Gasteiger partial charge in [-0.15, -0.1) is 0 Å². The second kappa shape index (κ2) is 4.70. The van der Waals surface area contributed by atoms with Crippen molar-refractivity contribution >= 4 is 16.7 Å². The topological polar surface area (TPSA) is 36.7 Å². The van der Waals surface area contributed by atoms with E-state index in [1.54, 1.807) is 0 Å². The minimum Gasteiger partial charge on any atom is -0.421 e. The predicted octanol–water partition coefficient (Wildman–Crippen LogP) is 1.93. The Morgan fingerprint density at radius 1 is 1.37 bits per heavy atom. The Balaban J connectivity index is 2.00. The molecule has 0 aliphatic carbocycles. The van der Waals surface area contributed by atoms with Gasteiger partial charge in [-0.3, -0.25) is 0 Å². The van der Waals surface area contributed by atoms with Gasteiger partial charge in [0, 0.05) is 25.0 Å². The van der Waals surface area contributed by atoms with Crippen LogP contribution < -0.4 is 10.5 Å². The zero-order chi connectivity index (χ0) is 13.4. The minimum absolute atomic E-state index is 0.254. The molecule has 19 heavy (non-hydrogen) atoms. The summed E-state index contributed by atoms with van der Waals surface area (Å²) in [5, 5.41) is 0.968. The van der Waals surface area contributed by atoms with Crippen LogP contribution in [0.4, 0.5) is 5.69 Å². The lowest BCUT2D eigenvalue weighted by atomic mass is 10.2. The molecule has 0 unspecified atom stereocenters. The van der Waals surface area contributed by atoms with Crippen LogP contribution in [0.15, 0.2) is 39.5 Å². The van der Waals surface area contributed by atoms with Crippen molar-refractivity contribution in [3.8, 4) is 0 Å². The van der Waals surface area contributed by atoms with Gasteiger partial charge in [-0.2, -0.15) is 0 Å². The fraction of sp³-hybridized carbons (Fsp3) is 0.400. The number of rotatable bonds is 2. The smallest absolute Gasteiger partial charge is 0.360 e. The molecule has 1 saturated heterocycles. The first kappa shape index (κ1) is 12.2. The standard InChI is InChI=1S/C15H18N2O2/c1-16-8-7-12(10-16)17(2)13-9-11-5-3-4-6-14(11)19-15(13)18/h3-6,9,12H,7-8,10H2,1-2H3/t12-/m1/s1. The zero-order valence-electron chi connectivity index (χ0n) is 11.3. The number of fused-ring (bicyclic) bond motifs is 1. The molecule has 1 fully saturated rings. The Hall–Kier alpha value is -1.81. The maximum atomic E-state index is 12.1. The van der Waals surface area contributed by atoms with Gasteiger partial charge in [0.25, 0.3) is 0 Å². The van der Waals surface area contributed by atoms with Crippen LogP contribution in [0.25, 0.3) is 11.0 Å². The number of hydrogen-bond acceptors (Lipinski definition) is 4. The Bertz CT molecular complexity index is 650. The number of anilines is 1. The Kier molecular flexibility index (Phi) is 3.03. The molecule has 0 N–H and O–H groups in total. The van der Waals surface area contributed by atoms with E-state index < -0.39 is 0 Å². The monoisotopic (exact) mass is 258 g/mol. The maximum Gasteiger partial charge on any atom is 0.360 e. The molecular formula is C15H18N2O2. The molecule has 2 aromatic rings. The van der Waals surface area contributed by atoms with Crippen LogP contribution in [-0.2, 0) is 0 Å². The van der Waals surface area contributed by atoms with E-state index in [2.05, 4.69) is 16.8 Å². The number of benzene rings is 1. The van der Waals surface area contributed by atoms with Crippen molar-refractivity contribution < 1.29 is 4.42 Å². The van der Waals surface area contributed by atoms with Crippen LogP contribution in [0.5, 0.6) is 0 Å². The highest BCUT2D eigenvalue weighted by Crippen LogP contribution is 2.21. The number of nitrogens with zero attached hydrogens (tertiary/aromatic N) is 2. The summed E-state index contributed by atoms with van der Waals surface area (Å²) < 4.78 is 5.39. The van der Waals surface area contributed by atoms with Crippen LogP contribution in [0.1, 0.15) is 6.42 Å². The van der Waals surface area contributed by atoms with Gasteiger partial charge in [0.1, 0.15) is 11.3 Å². The molecule has 100 valence electrons. The van der Waals surface area contributed by atoms with Crippen molar-refractivity contribution in [1.82, 2.24) is 4.90 Å². The Morgan fingerprint density at radius 3 is 2.89 bits per heavy atom. The summed E-state index contributed by atoms with van der Waals surface area (Å²) in [5.74, 6) is 0. The summed E-state index contributed by atoms with van der Waals surface area (Å²) in [5.41, 5.74) is 1.04. The van der Waals surface area contributed by atoms with Gasteiger partial charge < -0.3 is 14.2 Å². The summed E-state index contributed by atoms with van der Waals surface area (Å²) in [6, 6.07) is 9.93. The molecule has 3 rings (SSSR count). The van der Waals surface area contributed by atoms with E-state index in [1.807, 2.05) is 37.4 Å². The number of likely N-dealkylation sites (N-methyl/N-ethyl adjacent to an activating group) is 2. The van der Waals surface area contributed by atoms with E-state index >= 15 is 0 Å². The summed E-state index contributed by atoms with van der Waals surface area (Å²) >= 11 is 0. The summed E-state index contributed by atoms with van der Waals surface area (Å²) in [6.07, 6.45) is 1.08. The fourth-order valence-electron chi connectivity index (χ4n) is 2.72. The third-order valence-corrected chi connectivity index (χ3v) is 3.92. The van der Waals surface area contributed by atoms with Gasteiger partial charge in [-0.1, -0.05) is 18.2 Å². The van der Waals surface area contributed by atoms with Crippen LogP contribution in [0, 0.1) is 0 Å². The van der Waals surface area contributed by atoms with E-state index in [9.17, 15) is 4.79 Å². The molecule has 1 aliphatic heterocycles. The molecule has 1 atom stereocenters. The van der Waals surface area contributed by atoms with Gasteiger partial charge in [-0.25, -0.2) is 4.79 Å². The molecule has 1 aromatic heterocycles. The highest BCUT2D eigenvalue weighted by molar-refractivity contribution is 5.79. The third-order valence-electron chi connectivity index (χ3n) is 3.92. The lowest BCUT2D eigenvalue weighted by molar-refractivity contribution is 0.409. The first-order valence-corrected chi connectivity index (χ1v) is 6.59. The van der Waals surface area contributed by atoms with Crippen LogP contribution >= 0.6 is 0 Å². The first-order chi connectivity index (χ1) is 9.15. The quantitative estimate of drug-likeness (QED) is 0.771. The van der Waals surface area contributed by atoms with Crippen LogP contribution in [0.2, 0.25) is 0 Å². The summed E-state index contributed by atoms with van der Waals surface area (Å²) in [6.45, 7) is 2.07. The Morgan fingerprint density at radius 2 is 2.16 bits per heavy atom. The Labute approximate surface area is 112 Å². The molecule has 1 aliphatic rings. The van der Waals surface area contributed by atoms with E-state index in [-0.39, 0.29) is 5.63 Å². The van der Waals surface area contributed by atoms with E-state index in [4.69, 9.17) is 4.42 Å². The minimum atomic E-state index is -0.254. The molecular weight excluding hydrogens is 240 g/mol. The number of likely N-dealkylation sites (tertiary alicyclic amines) is 1. The van der Waals surface area contributed by atoms with Crippen molar-refractivity contribution in [2.24, 2.45) is 0 Å². The van der Waals surface area contributed by atoms with Crippen LogP contribution in [0.3, 0.4) is 0 Å². The molecule has 0 saturated carbocycles. The van der Waals surface area contributed by atoms with Gasteiger partial charge in [0.05, 0.1) is 0 Å². The second-order valence-corrected chi connectivity index (χ2v) is 5.27. The highest BCUT2D eigenvalue weighted by atomic mass is 16.4. The van der Waals surface area contributed by atoms with Crippen molar-refractivity contribution in [1.29, 1.82) is 0 Å². The number of para-hydroxylation sites is 1. The van der Waals surface area contributed by atoms with Crippen molar-refractivity contribution in [2.75, 3.05) is 32.1 Å². The largest absolute Gasteiger partial charge is 0.421 e. The van der Waals surface area contributed by atoms with E-state index in [0.717, 1.165) is 24.9 Å². The molecule has 0 amide bonds. The summed E-state index contributed by atoms with van der Waals surface area (Å²) in [4.78, 5) is 16.4. The zero-order valence-corrected chi connectivity index (χ0v) is 11.3. The van der Waals surface area contributed by atoms with Crippen LogP contribution in [-0.4, -0.2) is 38.1 Å². The van der Waals surface area contributed by atoms with E-state index in [0.29, 0.717) is 17.3 Å². The highest BCUT2D eigenvalue weighted by Gasteiger charge is 2.25. The normalized spacial score (nSPS) is 20.0. The lowest BCUT2D eigenvalue weighted by Gasteiger charge is -2.25. The average molecular weight is 258 g/mol. The number of hydrogen-bond donors (Lipinski definition) is 0. The van der Waals surface area contributed by atoms with Gasteiger partial charge in [0.15, 0.2) is 0 Å². The van der Waals surface area contributed by atoms with Crippen molar-refractivity contribution in [3.63, 3.8) is 0 Å². The first-order valence-electron chi connectivity index (χ1n) is 6.59. The molecule has 0 radical (unpaired) electrons. The predicted molar refractivity (Wildman–Crippen MR) is 76.8 cm³/mol. The maximum absolute atomic E-state index is 12.1. The molecule has 4 nitrogen and oxygen atoms in total. The fourth-order valence-corrected chi connectivity index (χ4v) is 2.72. The molecule has 4 heteroatoms. The average Bonchev–Trinajstić information content (AvgIpc) is 2.84. The van der Waals surface area contributed by atoms with Crippen molar-refractivity contribution in [2.45, 2.75) is 12.5 Å². The SMILES string of the molecule is CN1CC[C@@H](N(C)c2cc3ccccc3oc2=O)C1. The van der Waals surface area contributed by atoms with Crippen molar-refractivity contribution in [3.05, 3.63) is 40.8 Å². The molecule has 0 spiro atoms. The lowest BCUT2D eigenvalue weighted by Crippen LogP contribution is -2.36. The van der Waals surface area contributed by atoms with Gasteiger partial charge in [-0.05, 0) is 32.1 Å². The van der Waals surface area contributed by atoms with Gasteiger partial charge >= 0.3 is 5.63 Å². The second-order valence-electron chi connectivity index (χ2n) is 5.27. The molecule has 2 heterocycles. The molecule has 0 bridgehead atoms. The van der Waals surface area contributed by atoms with E-state index in [1.165, 1.54) is 0 Å². The molecule has 1 aromatic carbocycles. The summed E-state index contributed by atoms with van der Waals surface area (Å²) in [7, 11) is 4.08. The third kappa shape index (κ3) is 2.24.